The molecule has 1 saturated heterocycles. The molecule has 10 heteroatoms. The third kappa shape index (κ3) is 4.74. The number of nitrogens with zero attached hydrogens (tertiary/aromatic N) is 5. The van der Waals surface area contributed by atoms with Crippen molar-refractivity contribution in [2.75, 3.05) is 18.4 Å². The maximum Gasteiger partial charge on any atom is 0.228 e. The number of aliphatic imine (C=N–C) groups is 1. The monoisotopic (exact) mass is 495 g/mol. The lowest BCUT2D eigenvalue weighted by Gasteiger charge is -2.27. The second-order valence-electron chi connectivity index (χ2n) is 8.68. The molecule has 2 N–H and O–H groups in total. The summed E-state index contributed by atoms with van der Waals surface area (Å²) in [6, 6.07) is 11.0. The second kappa shape index (κ2) is 9.31. The minimum absolute atomic E-state index is 0.00425. The van der Waals surface area contributed by atoms with Crippen molar-refractivity contribution >= 4 is 40.0 Å². The minimum Gasteiger partial charge on any atom is -0.313 e. The van der Waals surface area contributed by atoms with Crippen molar-refractivity contribution in [2.45, 2.75) is 25.1 Å². The summed E-state index contributed by atoms with van der Waals surface area (Å²) < 4.78 is 31.9. The molecule has 2 atom stereocenters. The lowest BCUT2D eigenvalue weighted by molar-refractivity contribution is 0.151. The molecule has 2 unspecified atom stereocenters. The van der Waals surface area contributed by atoms with E-state index in [0.717, 1.165) is 16.8 Å². The molecule has 3 heterocycles. The summed E-state index contributed by atoms with van der Waals surface area (Å²) in [6.45, 7) is 2.51. The van der Waals surface area contributed by atoms with Crippen LogP contribution in [0.3, 0.4) is 0 Å². The Morgan fingerprint density at radius 3 is 2.83 bits per heavy atom. The van der Waals surface area contributed by atoms with Gasteiger partial charge in [-0.05, 0) is 49.2 Å². The van der Waals surface area contributed by atoms with Gasteiger partial charge in [-0.15, -0.1) is 0 Å². The van der Waals surface area contributed by atoms with Crippen molar-refractivity contribution in [3.8, 4) is 0 Å². The van der Waals surface area contributed by atoms with Gasteiger partial charge in [0.05, 0.1) is 16.7 Å². The maximum absolute atomic E-state index is 15.9. The molecular formula is C25H24ClF2N7. The van der Waals surface area contributed by atoms with Gasteiger partial charge in [0.25, 0.3) is 0 Å². The fourth-order valence-electron chi connectivity index (χ4n) is 4.27. The molecule has 0 spiro atoms. The molecular weight excluding hydrogens is 472 g/mol. The Hall–Kier alpha value is -3.43. The summed E-state index contributed by atoms with van der Waals surface area (Å²) in [7, 11) is 1.82. The summed E-state index contributed by atoms with van der Waals surface area (Å²) in [4.78, 5) is 13.7. The molecule has 0 aliphatic carbocycles. The Kier molecular flexibility index (Phi) is 6.21. The highest BCUT2D eigenvalue weighted by molar-refractivity contribution is 6.30. The van der Waals surface area contributed by atoms with Gasteiger partial charge in [-0.2, -0.15) is 5.10 Å². The summed E-state index contributed by atoms with van der Waals surface area (Å²) in [6.07, 6.45) is 3.70. The Balaban J connectivity index is 1.51. The van der Waals surface area contributed by atoms with E-state index in [1.807, 2.05) is 38.2 Å². The molecule has 2 aromatic heterocycles. The molecule has 0 bridgehead atoms. The zero-order valence-electron chi connectivity index (χ0n) is 19.3. The first-order valence-corrected chi connectivity index (χ1v) is 11.6. The first kappa shape index (κ1) is 23.3. The molecule has 0 saturated carbocycles. The Morgan fingerprint density at radius 1 is 1.26 bits per heavy atom. The van der Waals surface area contributed by atoms with Crippen molar-refractivity contribution in [3.05, 3.63) is 76.8 Å². The summed E-state index contributed by atoms with van der Waals surface area (Å²) in [5, 5.41) is 11.2. The van der Waals surface area contributed by atoms with Crippen LogP contribution >= 0.6 is 11.6 Å². The normalized spacial score (nSPS) is 19.3. The highest BCUT2D eigenvalue weighted by Crippen LogP contribution is 2.39. The van der Waals surface area contributed by atoms with Crippen LogP contribution in [0, 0.1) is 5.82 Å². The van der Waals surface area contributed by atoms with E-state index in [1.54, 1.807) is 23.1 Å². The van der Waals surface area contributed by atoms with E-state index in [1.165, 1.54) is 12.1 Å². The number of hydrogen-bond donors (Lipinski definition) is 2. The van der Waals surface area contributed by atoms with E-state index >= 15 is 4.39 Å². The van der Waals surface area contributed by atoms with Gasteiger partial charge in [-0.3, -0.25) is 9.67 Å². The lowest BCUT2D eigenvalue weighted by atomic mass is 9.89. The van der Waals surface area contributed by atoms with Gasteiger partial charge in [0.2, 0.25) is 5.95 Å². The number of nitrogens with one attached hydrogen (secondary N) is 2. The molecule has 0 radical (unpaired) electrons. The van der Waals surface area contributed by atoms with Gasteiger partial charge in [0, 0.05) is 37.0 Å². The molecule has 1 fully saturated rings. The molecule has 1 aliphatic heterocycles. The van der Waals surface area contributed by atoms with Crippen LogP contribution in [0.5, 0.6) is 0 Å². The number of rotatable bonds is 6. The van der Waals surface area contributed by atoms with Gasteiger partial charge in [0.15, 0.2) is 5.67 Å². The summed E-state index contributed by atoms with van der Waals surface area (Å²) >= 11 is 5.86. The van der Waals surface area contributed by atoms with Crippen LogP contribution in [0.4, 0.5) is 20.5 Å². The number of hydrogen-bond acceptors (Lipinski definition) is 6. The number of anilines is 2. The maximum atomic E-state index is 15.9. The standard InChI is InChI=1S/C25H24ClF2N7/c1-15(32-23(25(28)8-10-29-14-25)17-5-6-19(26)20(27)11-17)16-3-4-18-13-30-24(33-21(18)12-16)34-22-7-9-31-35(22)2/h3-7,9,11-13,23,29H,8,10,14H2,1-2H3,(H,30,33,34). The van der Waals surface area contributed by atoms with Gasteiger partial charge in [0.1, 0.15) is 17.7 Å². The SMILES string of the molecule is CC(=NC(c1ccc(Cl)c(F)c1)C1(F)CCNC1)c1ccc2cnc(Nc3ccnn3C)nc2c1. The van der Waals surface area contributed by atoms with E-state index in [9.17, 15) is 4.39 Å². The molecule has 4 aromatic rings. The number of aryl methyl sites for hydroxylation is 1. The predicted octanol–water partition coefficient (Wildman–Crippen LogP) is 5.15. The van der Waals surface area contributed by atoms with E-state index in [-0.39, 0.29) is 18.0 Å². The van der Waals surface area contributed by atoms with Crippen LogP contribution in [0.15, 0.2) is 59.9 Å². The number of aromatic nitrogens is 4. The van der Waals surface area contributed by atoms with E-state index in [0.29, 0.717) is 29.3 Å². The number of fused-ring (bicyclic) bond motifs is 1. The van der Waals surface area contributed by atoms with Crippen molar-refractivity contribution in [1.29, 1.82) is 0 Å². The third-order valence-corrected chi connectivity index (χ3v) is 6.58. The van der Waals surface area contributed by atoms with Crippen molar-refractivity contribution in [3.63, 3.8) is 0 Å². The van der Waals surface area contributed by atoms with Crippen LogP contribution in [-0.2, 0) is 7.05 Å². The molecule has 1 aliphatic rings. The lowest BCUT2D eigenvalue weighted by Crippen LogP contribution is -2.33. The quantitative estimate of drug-likeness (QED) is 0.361. The van der Waals surface area contributed by atoms with E-state index in [2.05, 4.69) is 25.7 Å². The summed E-state index contributed by atoms with van der Waals surface area (Å²) in [5.74, 6) is 0.601. The fourth-order valence-corrected chi connectivity index (χ4v) is 4.39. The topological polar surface area (TPSA) is 80.0 Å². The zero-order valence-corrected chi connectivity index (χ0v) is 20.0. The molecule has 2 aromatic carbocycles. The average Bonchev–Trinajstić information content (AvgIpc) is 3.47. The molecule has 180 valence electrons. The zero-order chi connectivity index (χ0) is 24.6. The summed E-state index contributed by atoms with van der Waals surface area (Å²) in [5.41, 5.74) is 0.930. The van der Waals surface area contributed by atoms with Gasteiger partial charge in [-0.1, -0.05) is 29.8 Å². The van der Waals surface area contributed by atoms with E-state index < -0.39 is 17.5 Å². The third-order valence-electron chi connectivity index (χ3n) is 6.27. The Morgan fingerprint density at radius 2 is 2.11 bits per heavy atom. The Labute approximate surface area is 206 Å². The van der Waals surface area contributed by atoms with Gasteiger partial charge < -0.3 is 10.6 Å². The molecule has 5 rings (SSSR count). The van der Waals surface area contributed by atoms with Crippen LogP contribution in [0.1, 0.15) is 30.5 Å². The first-order chi connectivity index (χ1) is 16.8. The van der Waals surface area contributed by atoms with Crippen molar-refractivity contribution < 1.29 is 8.78 Å². The van der Waals surface area contributed by atoms with Crippen molar-refractivity contribution in [2.24, 2.45) is 12.0 Å². The second-order valence-corrected chi connectivity index (χ2v) is 9.09. The average molecular weight is 496 g/mol. The largest absolute Gasteiger partial charge is 0.313 e. The van der Waals surface area contributed by atoms with Crippen molar-refractivity contribution in [1.82, 2.24) is 25.1 Å². The number of benzene rings is 2. The van der Waals surface area contributed by atoms with Gasteiger partial charge in [-0.25, -0.2) is 18.7 Å². The number of halogens is 3. The van der Waals surface area contributed by atoms with Crippen LogP contribution in [-0.4, -0.2) is 44.2 Å². The van der Waals surface area contributed by atoms with Crippen LogP contribution in [0.2, 0.25) is 5.02 Å². The highest BCUT2D eigenvalue weighted by Gasteiger charge is 2.43. The molecule has 7 nitrogen and oxygen atoms in total. The predicted molar refractivity (Wildman–Crippen MR) is 134 cm³/mol. The molecule has 0 amide bonds. The fraction of sp³-hybridized carbons (Fsp3) is 0.280. The highest BCUT2D eigenvalue weighted by atomic mass is 35.5. The first-order valence-electron chi connectivity index (χ1n) is 11.2. The Bertz CT molecular complexity index is 1410. The van der Waals surface area contributed by atoms with Crippen LogP contribution < -0.4 is 10.6 Å². The van der Waals surface area contributed by atoms with E-state index in [4.69, 9.17) is 16.6 Å². The van der Waals surface area contributed by atoms with Crippen LogP contribution in [0.25, 0.3) is 10.9 Å². The van der Waals surface area contributed by atoms with Gasteiger partial charge >= 0.3 is 0 Å². The molecule has 35 heavy (non-hydrogen) atoms. The number of alkyl halides is 1. The minimum atomic E-state index is -1.64. The smallest absolute Gasteiger partial charge is 0.228 e.